The van der Waals surface area contributed by atoms with E-state index >= 15 is 0 Å². The van der Waals surface area contributed by atoms with Crippen molar-refractivity contribution >= 4 is 17.7 Å². The number of hydrogen-bond donors (Lipinski definition) is 1. The average molecular weight is 411 g/mol. The van der Waals surface area contributed by atoms with Gasteiger partial charge in [-0.3, -0.25) is 4.79 Å². The second kappa shape index (κ2) is 10.3. The van der Waals surface area contributed by atoms with E-state index in [2.05, 4.69) is 22.3 Å². The number of thioether (sulfide) groups is 1. The quantitative estimate of drug-likeness (QED) is 0.697. The number of carbonyl (C=O) groups excluding carboxylic acids is 1. The molecule has 0 spiro atoms. The number of rotatable bonds is 7. The monoisotopic (exact) mass is 410 g/mol. The molecule has 0 radical (unpaired) electrons. The van der Waals surface area contributed by atoms with Crippen LogP contribution in [0.1, 0.15) is 30.1 Å². The van der Waals surface area contributed by atoms with Crippen LogP contribution < -0.4 is 5.32 Å². The highest BCUT2D eigenvalue weighted by Gasteiger charge is 2.28. The lowest BCUT2D eigenvalue weighted by atomic mass is 10.0. The molecule has 2 heterocycles. The highest BCUT2D eigenvalue weighted by atomic mass is 32.2. The molecule has 0 aliphatic carbocycles. The van der Waals surface area contributed by atoms with Crippen molar-refractivity contribution in [2.24, 2.45) is 5.92 Å². The Morgan fingerprint density at radius 3 is 2.38 bits per heavy atom. The van der Waals surface area contributed by atoms with Crippen molar-refractivity contribution in [3.63, 3.8) is 0 Å². The molecule has 2 unspecified atom stereocenters. The Balaban J connectivity index is 1.34. The van der Waals surface area contributed by atoms with E-state index in [4.69, 9.17) is 4.74 Å². The van der Waals surface area contributed by atoms with Crippen LogP contribution in [0, 0.1) is 5.92 Å². The first-order chi connectivity index (χ1) is 14.3. The van der Waals surface area contributed by atoms with Crippen molar-refractivity contribution in [2.45, 2.75) is 35.4 Å². The number of benzene rings is 2. The number of amides is 1. The van der Waals surface area contributed by atoms with E-state index in [-0.39, 0.29) is 17.2 Å². The molecule has 154 valence electrons. The molecular weight excluding hydrogens is 380 g/mol. The fraction of sp³-hybridized carbons (Fsp3) is 0.458. The van der Waals surface area contributed by atoms with Gasteiger partial charge in [0.05, 0.1) is 6.61 Å². The van der Waals surface area contributed by atoms with Crippen LogP contribution in [0.3, 0.4) is 0 Å². The topological polar surface area (TPSA) is 41.6 Å². The van der Waals surface area contributed by atoms with Gasteiger partial charge in [-0.2, -0.15) is 0 Å². The summed E-state index contributed by atoms with van der Waals surface area (Å²) in [6, 6.07) is 20.6. The lowest BCUT2D eigenvalue weighted by Crippen LogP contribution is -2.46. The zero-order valence-corrected chi connectivity index (χ0v) is 17.7. The van der Waals surface area contributed by atoms with Gasteiger partial charge in [0.25, 0.3) is 0 Å². The first-order valence-corrected chi connectivity index (χ1v) is 11.5. The zero-order chi connectivity index (χ0) is 19.9. The van der Waals surface area contributed by atoms with E-state index in [1.165, 1.54) is 6.42 Å². The van der Waals surface area contributed by atoms with Crippen LogP contribution in [0.5, 0.6) is 0 Å². The maximum atomic E-state index is 13.2. The minimum atomic E-state index is -0.229. The Kier molecular flexibility index (Phi) is 7.25. The summed E-state index contributed by atoms with van der Waals surface area (Å²) >= 11 is 1.62. The highest BCUT2D eigenvalue weighted by molar-refractivity contribution is 8.00. The van der Waals surface area contributed by atoms with Crippen LogP contribution in [0.25, 0.3) is 0 Å². The van der Waals surface area contributed by atoms with Gasteiger partial charge in [0.15, 0.2) is 0 Å². The van der Waals surface area contributed by atoms with Gasteiger partial charge in [-0.05, 0) is 42.9 Å². The zero-order valence-electron chi connectivity index (χ0n) is 16.8. The van der Waals surface area contributed by atoms with E-state index in [0.717, 1.165) is 56.1 Å². The summed E-state index contributed by atoms with van der Waals surface area (Å²) in [4.78, 5) is 16.9. The van der Waals surface area contributed by atoms with Crippen molar-refractivity contribution in [2.75, 3.05) is 32.8 Å². The van der Waals surface area contributed by atoms with Gasteiger partial charge in [0.2, 0.25) is 5.91 Å². The molecule has 2 saturated heterocycles. The molecule has 4 nitrogen and oxygen atoms in total. The van der Waals surface area contributed by atoms with Crippen molar-refractivity contribution < 1.29 is 9.53 Å². The summed E-state index contributed by atoms with van der Waals surface area (Å²) < 4.78 is 5.50. The molecule has 2 atom stereocenters. The molecule has 2 aromatic carbocycles. The summed E-state index contributed by atoms with van der Waals surface area (Å²) in [6.45, 7) is 5.08. The Morgan fingerprint density at radius 1 is 1.03 bits per heavy atom. The van der Waals surface area contributed by atoms with Crippen LogP contribution in [0.15, 0.2) is 65.6 Å². The molecule has 2 fully saturated rings. The largest absolute Gasteiger partial charge is 0.381 e. The SMILES string of the molecule is O=C(NC1CCN(CC2CCOC2)CC1)C(Sc1ccccc1)c1ccccc1. The van der Waals surface area contributed by atoms with Gasteiger partial charge >= 0.3 is 0 Å². The first-order valence-electron chi connectivity index (χ1n) is 10.6. The normalized spacial score (nSPS) is 21.7. The number of nitrogens with one attached hydrogen (secondary N) is 1. The summed E-state index contributed by atoms with van der Waals surface area (Å²) in [5.41, 5.74) is 1.05. The molecule has 4 rings (SSSR count). The maximum Gasteiger partial charge on any atom is 0.238 e. The molecule has 29 heavy (non-hydrogen) atoms. The Bertz CT molecular complexity index is 757. The fourth-order valence-corrected chi connectivity index (χ4v) is 5.22. The molecule has 5 heteroatoms. The minimum Gasteiger partial charge on any atom is -0.381 e. The number of likely N-dealkylation sites (tertiary alicyclic amines) is 1. The Hall–Kier alpha value is -1.82. The predicted octanol–water partition coefficient (Wildman–Crippen LogP) is 4.14. The van der Waals surface area contributed by atoms with Crippen LogP contribution >= 0.6 is 11.8 Å². The van der Waals surface area contributed by atoms with Crippen LogP contribution in [-0.2, 0) is 9.53 Å². The molecule has 0 saturated carbocycles. The van der Waals surface area contributed by atoms with Crippen molar-refractivity contribution in [1.82, 2.24) is 10.2 Å². The minimum absolute atomic E-state index is 0.118. The van der Waals surface area contributed by atoms with E-state index in [9.17, 15) is 4.79 Å². The van der Waals surface area contributed by atoms with Crippen LogP contribution in [0.4, 0.5) is 0 Å². The molecule has 1 N–H and O–H groups in total. The fourth-order valence-electron chi connectivity index (χ4n) is 4.17. The predicted molar refractivity (Wildman–Crippen MR) is 118 cm³/mol. The van der Waals surface area contributed by atoms with Gasteiger partial charge in [-0.15, -0.1) is 11.8 Å². The van der Waals surface area contributed by atoms with E-state index in [0.29, 0.717) is 5.92 Å². The van der Waals surface area contributed by atoms with Crippen molar-refractivity contribution in [1.29, 1.82) is 0 Å². The molecule has 2 aliphatic rings. The third-order valence-corrected chi connectivity index (χ3v) is 7.08. The standard InChI is InChI=1S/C24H30N2O2S/c27-24(25-21-11-14-26(15-12-21)17-19-13-16-28-18-19)23(20-7-3-1-4-8-20)29-22-9-5-2-6-10-22/h1-10,19,21,23H,11-18H2,(H,25,27). The van der Waals surface area contributed by atoms with Gasteiger partial charge < -0.3 is 15.0 Å². The second-order valence-electron chi connectivity index (χ2n) is 8.03. The van der Waals surface area contributed by atoms with Crippen molar-refractivity contribution in [3.8, 4) is 0 Å². The lowest BCUT2D eigenvalue weighted by molar-refractivity contribution is -0.121. The van der Waals surface area contributed by atoms with Gasteiger partial charge in [0.1, 0.15) is 5.25 Å². The molecule has 1 amide bonds. The number of ether oxygens (including phenoxy) is 1. The summed E-state index contributed by atoms with van der Waals surface area (Å²) in [5.74, 6) is 0.804. The third kappa shape index (κ3) is 5.84. The molecule has 2 aliphatic heterocycles. The summed E-state index contributed by atoms with van der Waals surface area (Å²) in [5, 5.41) is 3.11. The molecule has 0 aromatic heterocycles. The highest BCUT2D eigenvalue weighted by Crippen LogP contribution is 2.35. The smallest absolute Gasteiger partial charge is 0.238 e. The first kappa shape index (κ1) is 20.5. The van der Waals surface area contributed by atoms with E-state index < -0.39 is 0 Å². The van der Waals surface area contributed by atoms with Gasteiger partial charge in [0, 0.05) is 37.2 Å². The molecular formula is C24H30N2O2S. The summed E-state index contributed by atoms with van der Waals surface area (Å²) in [7, 11) is 0. The Morgan fingerprint density at radius 2 is 1.72 bits per heavy atom. The molecule has 2 aromatic rings. The van der Waals surface area contributed by atoms with Crippen molar-refractivity contribution in [3.05, 3.63) is 66.2 Å². The second-order valence-corrected chi connectivity index (χ2v) is 9.21. The van der Waals surface area contributed by atoms with Crippen LogP contribution in [0.2, 0.25) is 0 Å². The van der Waals surface area contributed by atoms with E-state index in [1.807, 2.05) is 48.5 Å². The number of carbonyl (C=O) groups is 1. The van der Waals surface area contributed by atoms with Gasteiger partial charge in [-0.1, -0.05) is 48.5 Å². The molecule has 0 bridgehead atoms. The lowest BCUT2D eigenvalue weighted by Gasteiger charge is -2.34. The average Bonchev–Trinajstić information content (AvgIpc) is 3.28. The van der Waals surface area contributed by atoms with Crippen LogP contribution in [-0.4, -0.2) is 49.7 Å². The number of piperidine rings is 1. The van der Waals surface area contributed by atoms with Gasteiger partial charge in [-0.25, -0.2) is 0 Å². The summed E-state index contributed by atoms with van der Waals surface area (Å²) in [6.07, 6.45) is 3.24. The Labute approximate surface area is 178 Å². The number of hydrogen-bond acceptors (Lipinski definition) is 4. The van der Waals surface area contributed by atoms with E-state index in [1.54, 1.807) is 11.8 Å². The third-order valence-electron chi connectivity index (χ3n) is 5.81. The maximum absolute atomic E-state index is 13.2. The number of nitrogens with zero attached hydrogens (tertiary/aromatic N) is 1.